The second-order valence-electron chi connectivity index (χ2n) is 4.65. The Balaban J connectivity index is 2.37. The van der Waals surface area contributed by atoms with Crippen molar-refractivity contribution >= 4 is 0 Å². The van der Waals surface area contributed by atoms with Crippen LogP contribution in [0.3, 0.4) is 0 Å². The summed E-state index contributed by atoms with van der Waals surface area (Å²) in [5.74, 6) is 0. The van der Waals surface area contributed by atoms with Gasteiger partial charge < -0.3 is 5.32 Å². The summed E-state index contributed by atoms with van der Waals surface area (Å²) >= 11 is 0. The van der Waals surface area contributed by atoms with Crippen LogP contribution in [0.4, 0.5) is 0 Å². The molecule has 0 bridgehead atoms. The van der Waals surface area contributed by atoms with E-state index in [2.05, 4.69) is 49.1 Å². The van der Waals surface area contributed by atoms with Gasteiger partial charge in [-0.3, -0.25) is 9.88 Å². The number of hydrogen-bond acceptors (Lipinski definition) is 3. The summed E-state index contributed by atoms with van der Waals surface area (Å²) < 4.78 is 0. The SMILES string of the molecule is CC(C)NCC(C)N(C)Cc1ccccn1. The molecule has 1 heterocycles. The van der Waals surface area contributed by atoms with Gasteiger partial charge in [0, 0.05) is 31.4 Å². The Morgan fingerprint density at radius 3 is 2.62 bits per heavy atom. The minimum Gasteiger partial charge on any atom is -0.313 e. The van der Waals surface area contributed by atoms with Gasteiger partial charge in [0.25, 0.3) is 0 Å². The van der Waals surface area contributed by atoms with E-state index in [1.807, 2.05) is 18.3 Å². The number of likely N-dealkylation sites (N-methyl/N-ethyl adjacent to an activating group) is 1. The van der Waals surface area contributed by atoms with E-state index in [0.717, 1.165) is 18.8 Å². The lowest BCUT2D eigenvalue weighted by molar-refractivity contribution is 0.237. The maximum absolute atomic E-state index is 4.33. The molecule has 1 atom stereocenters. The Morgan fingerprint density at radius 2 is 2.06 bits per heavy atom. The van der Waals surface area contributed by atoms with Crippen molar-refractivity contribution in [2.45, 2.75) is 39.4 Å². The maximum atomic E-state index is 4.33. The average Bonchev–Trinajstić information content (AvgIpc) is 2.27. The van der Waals surface area contributed by atoms with Gasteiger partial charge in [0.1, 0.15) is 0 Å². The van der Waals surface area contributed by atoms with E-state index in [1.54, 1.807) is 0 Å². The van der Waals surface area contributed by atoms with Crippen molar-refractivity contribution in [3.63, 3.8) is 0 Å². The van der Waals surface area contributed by atoms with E-state index in [9.17, 15) is 0 Å². The van der Waals surface area contributed by atoms with Gasteiger partial charge in [-0.1, -0.05) is 19.9 Å². The van der Waals surface area contributed by atoms with Crippen LogP contribution in [-0.2, 0) is 6.54 Å². The van der Waals surface area contributed by atoms with Gasteiger partial charge in [0.2, 0.25) is 0 Å². The largest absolute Gasteiger partial charge is 0.313 e. The molecule has 3 heteroatoms. The van der Waals surface area contributed by atoms with Crippen LogP contribution in [0.25, 0.3) is 0 Å². The molecule has 1 unspecified atom stereocenters. The number of nitrogens with zero attached hydrogens (tertiary/aromatic N) is 2. The summed E-state index contributed by atoms with van der Waals surface area (Å²) in [6, 6.07) is 7.12. The Labute approximate surface area is 98.9 Å². The molecule has 1 aromatic heterocycles. The van der Waals surface area contributed by atoms with Crippen molar-refractivity contribution in [1.82, 2.24) is 15.2 Å². The lowest BCUT2D eigenvalue weighted by Crippen LogP contribution is -2.39. The average molecular weight is 221 g/mol. The molecule has 1 rings (SSSR count). The third kappa shape index (κ3) is 4.73. The van der Waals surface area contributed by atoms with E-state index in [1.165, 1.54) is 0 Å². The minimum absolute atomic E-state index is 0.518. The van der Waals surface area contributed by atoms with Crippen LogP contribution in [-0.4, -0.2) is 35.6 Å². The molecule has 1 aromatic rings. The van der Waals surface area contributed by atoms with Gasteiger partial charge in [0.05, 0.1) is 5.69 Å². The zero-order valence-corrected chi connectivity index (χ0v) is 10.8. The number of nitrogens with one attached hydrogen (secondary N) is 1. The monoisotopic (exact) mass is 221 g/mol. The zero-order chi connectivity index (χ0) is 12.0. The van der Waals surface area contributed by atoms with Gasteiger partial charge in [-0.25, -0.2) is 0 Å². The summed E-state index contributed by atoms with van der Waals surface area (Å²) in [7, 11) is 2.14. The Morgan fingerprint density at radius 1 is 1.31 bits per heavy atom. The van der Waals surface area contributed by atoms with Crippen LogP contribution in [0.2, 0.25) is 0 Å². The fourth-order valence-corrected chi connectivity index (χ4v) is 1.47. The first-order valence-corrected chi connectivity index (χ1v) is 5.93. The highest BCUT2D eigenvalue weighted by Crippen LogP contribution is 2.02. The normalized spacial score (nSPS) is 13.4. The highest BCUT2D eigenvalue weighted by Gasteiger charge is 2.09. The molecule has 0 amide bonds. The number of aromatic nitrogens is 1. The molecular formula is C13H23N3. The molecule has 16 heavy (non-hydrogen) atoms. The predicted octanol–water partition coefficient (Wildman–Crippen LogP) is 1.90. The molecule has 3 nitrogen and oxygen atoms in total. The smallest absolute Gasteiger partial charge is 0.0543 e. The molecule has 0 radical (unpaired) electrons. The molecule has 0 fully saturated rings. The Bertz CT molecular complexity index is 284. The highest BCUT2D eigenvalue weighted by molar-refractivity contribution is 5.03. The zero-order valence-electron chi connectivity index (χ0n) is 10.8. The molecule has 0 aliphatic rings. The fourth-order valence-electron chi connectivity index (χ4n) is 1.47. The minimum atomic E-state index is 0.518. The van der Waals surface area contributed by atoms with Gasteiger partial charge in [-0.05, 0) is 26.1 Å². The van der Waals surface area contributed by atoms with Crippen LogP contribution < -0.4 is 5.32 Å². The van der Waals surface area contributed by atoms with Crippen molar-refractivity contribution in [1.29, 1.82) is 0 Å². The second kappa shape index (κ2) is 6.61. The molecule has 0 aliphatic heterocycles. The first-order chi connectivity index (χ1) is 7.59. The van der Waals surface area contributed by atoms with Gasteiger partial charge in [0.15, 0.2) is 0 Å². The van der Waals surface area contributed by atoms with Crippen LogP contribution in [0.5, 0.6) is 0 Å². The van der Waals surface area contributed by atoms with E-state index in [0.29, 0.717) is 12.1 Å². The standard InChI is InChI=1S/C13H23N3/c1-11(2)15-9-12(3)16(4)10-13-7-5-6-8-14-13/h5-8,11-12,15H,9-10H2,1-4H3. The fraction of sp³-hybridized carbons (Fsp3) is 0.615. The van der Waals surface area contributed by atoms with E-state index in [-0.39, 0.29) is 0 Å². The lowest BCUT2D eigenvalue weighted by atomic mass is 10.2. The van der Waals surface area contributed by atoms with E-state index in [4.69, 9.17) is 0 Å². The Hall–Kier alpha value is -0.930. The van der Waals surface area contributed by atoms with E-state index >= 15 is 0 Å². The summed E-state index contributed by atoms with van der Waals surface area (Å²) in [4.78, 5) is 6.65. The third-order valence-corrected chi connectivity index (χ3v) is 2.71. The molecule has 0 spiro atoms. The summed E-state index contributed by atoms with van der Waals surface area (Å²) in [5, 5.41) is 3.45. The molecule has 0 saturated carbocycles. The van der Waals surface area contributed by atoms with Crippen molar-refractivity contribution in [2.24, 2.45) is 0 Å². The highest BCUT2D eigenvalue weighted by atomic mass is 15.1. The molecule has 1 N–H and O–H groups in total. The first-order valence-electron chi connectivity index (χ1n) is 5.93. The summed E-state index contributed by atoms with van der Waals surface area (Å²) in [5.41, 5.74) is 1.13. The van der Waals surface area contributed by atoms with Crippen LogP contribution in [0.1, 0.15) is 26.5 Å². The summed E-state index contributed by atoms with van der Waals surface area (Å²) in [6.45, 7) is 8.50. The lowest BCUT2D eigenvalue weighted by Gasteiger charge is -2.25. The van der Waals surface area contributed by atoms with Gasteiger partial charge in [-0.2, -0.15) is 0 Å². The first kappa shape index (κ1) is 13.1. The molecule has 0 saturated heterocycles. The second-order valence-corrected chi connectivity index (χ2v) is 4.65. The van der Waals surface area contributed by atoms with Crippen molar-refractivity contribution in [3.05, 3.63) is 30.1 Å². The summed E-state index contributed by atoms with van der Waals surface area (Å²) in [6.07, 6.45) is 1.85. The van der Waals surface area contributed by atoms with Gasteiger partial charge in [-0.15, -0.1) is 0 Å². The van der Waals surface area contributed by atoms with Crippen molar-refractivity contribution < 1.29 is 0 Å². The number of hydrogen-bond donors (Lipinski definition) is 1. The van der Waals surface area contributed by atoms with Crippen molar-refractivity contribution in [3.8, 4) is 0 Å². The molecule has 0 aliphatic carbocycles. The molecule has 0 aromatic carbocycles. The van der Waals surface area contributed by atoms with Crippen LogP contribution >= 0.6 is 0 Å². The van der Waals surface area contributed by atoms with E-state index < -0.39 is 0 Å². The molecular weight excluding hydrogens is 198 g/mol. The maximum Gasteiger partial charge on any atom is 0.0543 e. The van der Waals surface area contributed by atoms with Crippen molar-refractivity contribution in [2.75, 3.05) is 13.6 Å². The molecule has 90 valence electrons. The quantitative estimate of drug-likeness (QED) is 0.795. The third-order valence-electron chi connectivity index (χ3n) is 2.71. The Kier molecular flexibility index (Phi) is 5.43. The predicted molar refractivity (Wildman–Crippen MR) is 68.3 cm³/mol. The van der Waals surface area contributed by atoms with Gasteiger partial charge >= 0.3 is 0 Å². The van der Waals surface area contributed by atoms with Crippen LogP contribution in [0.15, 0.2) is 24.4 Å². The number of rotatable bonds is 6. The number of pyridine rings is 1. The van der Waals surface area contributed by atoms with Crippen LogP contribution in [0, 0.1) is 0 Å². The topological polar surface area (TPSA) is 28.2 Å².